The Kier molecular flexibility index (Phi) is 6.55. The highest BCUT2D eigenvalue weighted by Gasteiger charge is 2.05. The number of aliphatic carboxylic acids is 1. The highest BCUT2D eigenvalue weighted by Crippen LogP contribution is 1.90. The molecule has 0 aromatic heterocycles. The van der Waals surface area contributed by atoms with Gasteiger partial charge in [-0.2, -0.15) is 0 Å². The van der Waals surface area contributed by atoms with Crippen LogP contribution in [0.15, 0.2) is 12.2 Å². The van der Waals surface area contributed by atoms with E-state index in [-0.39, 0.29) is 12.2 Å². The van der Waals surface area contributed by atoms with Gasteiger partial charge in [-0.1, -0.05) is 6.58 Å². The maximum atomic E-state index is 9.60. The third kappa shape index (κ3) is 16.1. The second-order valence-corrected chi connectivity index (χ2v) is 3.23. The molecule has 0 aliphatic rings. The lowest BCUT2D eigenvalue weighted by molar-refractivity contribution is -0.132. The van der Waals surface area contributed by atoms with Crippen LogP contribution < -0.4 is 5.73 Å². The lowest BCUT2D eigenvalue weighted by Gasteiger charge is -2.12. The van der Waals surface area contributed by atoms with Crippen LogP contribution in [0.25, 0.3) is 0 Å². The minimum atomic E-state index is -0.935. The Morgan fingerprint density at radius 1 is 1.58 bits per heavy atom. The summed E-state index contributed by atoms with van der Waals surface area (Å²) in [5, 5.41) is 16.2. The molecule has 0 fully saturated rings. The molecule has 0 rings (SSSR count). The van der Waals surface area contributed by atoms with Crippen LogP contribution in [0.1, 0.15) is 20.8 Å². The maximum absolute atomic E-state index is 9.60. The van der Waals surface area contributed by atoms with E-state index in [2.05, 4.69) is 6.58 Å². The molecule has 0 unspecified atom stereocenters. The molecule has 0 amide bonds. The van der Waals surface area contributed by atoms with Gasteiger partial charge in [0.2, 0.25) is 0 Å². The molecule has 12 heavy (non-hydrogen) atoms. The third-order valence-corrected chi connectivity index (χ3v) is 0.773. The summed E-state index contributed by atoms with van der Waals surface area (Å²) in [6.45, 7) is 8.19. The van der Waals surface area contributed by atoms with Gasteiger partial charge in [0.25, 0.3) is 0 Å². The monoisotopic (exact) mass is 175 g/mol. The third-order valence-electron chi connectivity index (χ3n) is 0.773. The van der Waals surface area contributed by atoms with Gasteiger partial charge in [-0.3, -0.25) is 0 Å². The number of carboxylic acid groups (broad SMARTS) is 1. The second kappa shape index (κ2) is 5.74. The standard InChI is InChI=1S/C4H11NO.C4H6O2/c1-4(2,5)3-6;1-3(2)4(5)6/h6H,3,5H2,1-2H3;1H2,2H3,(H,5,6). The number of rotatable bonds is 2. The average molecular weight is 175 g/mol. The molecule has 0 atom stereocenters. The molecule has 0 heterocycles. The fourth-order valence-electron chi connectivity index (χ4n) is 0. The second-order valence-electron chi connectivity index (χ2n) is 3.23. The number of carbonyl (C=O) groups is 1. The number of aliphatic hydroxyl groups is 1. The van der Waals surface area contributed by atoms with Crippen LogP contribution in [0.2, 0.25) is 0 Å². The molecule has 4 nitrogen and oxygen atoms in total. The molecule has 0 aliphatic carbocycles. The minimum Gasteiger partial charge on any atom is -0.478 e. The predicted octanol–water partition coefficient (Wildman–Crippen LogP) is 0.363. The van der Waals surface area contributed by atoms with E-state index in [1.54, 1.807) is 13.8 Å². The number of hydrogen-bond donors (Lipinski definition) is 3. The van der Waals surface area contributed by atoms with Crippen molar-refractivity contribution < 1.29 is 15.0 Å². The first-order chi connectivity index (χ1) is 5.20. The summed E-state index contributed by atoms with van der Waals surface area (Å²) < 4.78 is 0. The van der Waals surface area contributed by atoms with E-state index < -0.39 is 11.5 Å². The number of aliphatic hydroxyl groups excluding tert-OH is 1. The quantitative estimate of drug-likeness (QED) is 0.529. The van der Waals surface area contributed by atoms with E-state index in [0.717, 1.165) is 0 Å². The maximum Gasteiger partial charge on any atom is 0.330 e. The van der Waals surface area contributed by atoms with Crippen LogP contribution in [0.5, 0.6) is 0 Å². The SMILES string of the molecule is C=C(C)C(=O)O.CC(C)(N)CO. The first kappa shape index (κ1) is 13.7. The van der Waals surface area contributed by atoms with Crippen molar-refractivity contribution in [2.75, 3.05) is 6.61 Å². The van der Waals surface area contributed by atoms with Crippen molar-refractivity contribution in [1.29, 1.82) is 0 Å². The van der Waals surface area contributed by atoms with E-state index in [1.165, 1.54) is 6.92 Å². The summed E-state index contributed by atoms with van der Waals surface area (Å²) >= 11 is 0. The van der Waals surface area contributed by atoms with Gasteiger partial charge in [0.1, 0.15) is 0 Å². The van der Waals surface area contributed by atoms with E-state index in [9.17, 15) is 4.79 Å². The Morgan fingerprint density at radius 3 is 1.75 bits per heavy atom. The van der Waals surface area contributed by atoms with Crippen molar-refractivity contribution in [3.05, 3.63) is 12.2 Å². The van der Waals surface area contributed by atoms with Crippen molar-refractivity contribution in [3.8, 4) is 0 Å². The van der Waals surface area contributed by atoms with Gasteiger partial charge >= 0.3 is 5.97 Å². The number of carboxylic acids is 1. The summed E-state index contributed by atoms with van der Waals surface area (Å²) in [6, 6.07) is 0. The van der Waals surface area contributed by atoms with Crippen LogP contribution >= 0.6 is 0 Å². The van der Waals surface area contributed by atoms with Crippen LogP contribution in [-0.2, 0) is 4.79 Å². The van der Waals surface area contributed by atoms with Crippen molar-refractivity contribution >= 4 is 5.97 Å². The van der Waals surface area contributed by atoms with E-state index >= 15 is 0 Å². The first-order valence-electron chi connectivity index (χ1n) is 3.49. The van der Waals surface area contributed by atoms with Crippen LogP contribution in [0.3, 0.4) is 0 Å². The fourth-order valence-corrected chi connectivity index (χ4v) is 0. The molecule has 0 aromatic rings. The van der Waals surface area contributed by atoms with Crippen LogP contribution in [0.4, 0.5) is 0 Å². The van der Waals surface area contributed by atoms with Gasteiger partial charge in [0, 0.05) is 11.1 Å². The van der Waals surface area contributed by atoms with Gasteiger partial charge in [0.15, 0.2) is 0 Å². The van der Waals surface area contributed by atoms with Gasteiger partial charge in [-0.15, -0.1) is 0 Å². The van der Waals surface area contributed by atoms with Gasteiger partial charge in [0.05, 0.1) is 6.61 Å². The Labute approximate surface area is 72.7 Å². The van der Waals surface area contributed by atoms with Crippen molar-refractivity contribution in [2.45, 2.75) is 26.3 Å². The summed E-state index contributed by atoms with van der Waals surface area (Å²) in [5.74, 6) is -0.935. The zero-order valence-corrected chi connectivity index (χ0v) is 7.79. The van der Waals surface area contributed by atoms with E-state index in [0.29, 0.717) is 0 Å². The van der Waals surface area contributed by atoms with Gasteiger partial charge in [-0.05, 0) is 20.8 Å². The Morgan fingerprint density at radius 2 is 1.75 bits per heavy atom. The molecule has 0 bridgehead atoms. The van der Waals surface area contributed by atoms with Crippen molar-refractivity contribution in [1.82, 2.24) is 0 Å². The van der Waals surface area contributed by atoms with Crippen molar-refractivity contribution in [3.63, 3.8) is 0 Å². The summed E-state index contributed by atoms with van der Waals surface area (Å²) in [5.41, 5.74) is 5.06. The highest BCUT2D eigenvalue weighted by molar-refractivity contribution is 5.84. The van der Waals surface area contributed by atoms with Gasteiger partial charge in [-0.25, -0.2) is 4.79 Å². The van der Waals surface area contributed by atoms with Crippen LogP contribution in [-0.4, -0.2) is 28.3 Å². The molecule has 0 aliphatic heterocycles. The zero-order chi connectivity index (χ0) is 10.4. The number of nitrogens with two attached hydrogens (primary N) is 1. The summed E-state index contributed by atoms with van der Waals surface area (Å²) in [4.78, 5) is 9.60. The molecule has 0 saturated carbocycles. The van der Waals surface area contributed by atoms with Crippen LogP contribution in [0, 0.1) is 0 Å². The molecule has 0 spiro atoms. The van der Waals surface area contributed by atoms with Crippen molar-refractivity contribution in [2.24, 2.45) is 5.73 Å². The molecule has 4 N–H and O–H groups in total. The zero-order valence-electron chi connectivity index (χ0n) is 7.79. The Hall–Kier alpha value is -0.870. The highest BCUT2D eigenvalue weighted by atomic mass is 16.4. The summed E-state index contributed by atoms with van der Waals surface area (Å²) in [6.07, 6.45) is 0. The molecule has 4 heteroatoms. The molecule has 0 aromatic carbocycles. The topological polar surface area (TPSA) is 83.5 Å². The molecular weight excluding hydrogens is 158 g/mol. The Bertz CT molecular complexity index is 146. The van der Waals surface area contributed by atoms with E-state index in [1.807, 2.05) is 0 Å². The predicted molar refractivity (Wildman–Crippen MR) is 47.8 cm³/mol. The van der Waals surface area contributed by atoms with E-state index in [4.69, 9.17) is 15.9 Å². The van der Waals surface area contributed by atoms with Gasteiger partial charge < -0.3 is 15.9 Å². The molecule has 0 saturated heterocycles. The first-order valence-corrected chi connectivity index (χ1v) is 3.49. The lowest BCUT2D eigenvalue weighted by Crippen LogP contribution is -2.35. The molecule has 72 valence electrons. The fraction of sp³-hybridized carbons (Fsp3) is 0.625. The molecule has 0 radical (unpaired) electrons. The normalized spacial score (nSPS) is 9.75. The summed E-state index contributed by atoms with van der Waals surface area (Å²) in [7, 11) is 0. The molecular formula is C8H17NO3. The smallest absolute Gasteiger partial charge is 0.330 e. The Balaban J connectivity index is 0. The largest absolute Gasteiger partial charge is 0.478 e. The lowest BCUT2D eigenvalue weighted by atomic mass is 10.1. The average Bonchev–Trinajstić information content (AvgIpc) is 1.87. The number of hydrogen-bond acceptors (Lipinski definition) is 3. The minimum absolute atomic E-state index is 0.0486.